The SMILES string of the molecule is N#Cc1cccc(CSc2n[nH]c(-c3ccccc3F)n2)c1. The molecule has 0 amide bonds. The monoisotopic (exact) mass is 310 g/mol. The van der Waals surface area contributed by atoms with Crippen molar-refractivity contribution in [2.75, 3.05) is 0 Å². The maximum atomic E-state index is 13.7. The molecule has 0 spiro atoms. The minimum absolute atomic E-state index is 0.336. The molecule has 4 nitrogen and oxygen atoms in total. The van der Waals surface area contributed by atoms with Crippen LogP contribution in [0.4, 0.5) is 4.39 Å². The highest BCUT2D eigenvalue weighted by Crippen LogP contribution is 2.24. The topological polar surface area (TPSA) is 65.4 Å². The molecule has 108 valence electrons. The van der Waals surface area contributed by atoms with Gasteiger partial charge in [-0.25, -0.2) is 9.37 Å². The van der Waals surface area contributed by atoms with Crippen molar-refractivity contribution >= 4 is 11.8 Å². The summed E-state index contributed by atoms with van der Waals surface area (Å²) in [6, 6.07) is 15.9. The van der Waals surface area contributed by atoms with Crippen LogP contribution in [-0.4, -0.2) is 15.2 Å². The van der Waals surface area contributed by atoms with Gasteiger partial charge in [0.25, 0.3) is 0 Å². The standard InChI is InChI=1S/C16H11FN4S/c17-14-7-2-1-6-13(14)15-19-16(21-20-15)22-10-12-5-3-4-11(8-12)9-18/h1-8H,10H2,(H,19,20,21). The smallest absolute Gasteiger partial charge is 0.209 e. The van der Waals surface area contributed by atoms with Crippen LogP contribution in [0.2, 0.25) is 0 Å². The molecule has 0 saturated carbocycles. The second-order valence-electron chi connectivity index (χ2n) is 4.55. The van der Waals surface area contributed by atoms with Gasteiger partial charge in [0, 0.05) is 5.75 Å². The van der Waals surface area contributed by atoms with Crippen LogP contribution in [0.1, 0.15) is 11.1 Å². The minimum Gasteiger partial charge on any atom is -0.258 e. The molecule has 1 heterocycles. The van der Waals surface area contributed by atoms with E-state index in [1.165, 1.54) is 17.8 Å². The van der Waals surface area contributed by atoms with Gasteiger partial charge in [-0.05, 0) is 29.8 Å². The zero-order valence-electron chi connectivity index (χ0n) is 11.5. The zero-order chi connectivity index (χ0) is 15.4. The fourth-order valence-corrected chi connectivity index (χ4v) is 2.70. The summed E-state index contributed by atoms with van der Waals surface area (Å²) in [5.41, 5.74) is 2.04. The number of hydrogen-bond acceptors (Lipinski definition) is 4. The molecule has 0 atom stereocenters. The number of nitriles is 1. The number of halogens is 1. The highest BCUT2D eigenvalue weighted by atomic mass is 32.2. The summed E-state index contributed by atoms with van der Waals surface area (Å²) in [6.07, 6.45) is 0. The Hall–Kier alpha value is -2.65. The summed E-state index contributed by atoms with van der Waals surface area (Å²) < 4.78 is 13.7. The first-order valence-corrected chi connectivity index (χ1v) is 7.54. The third-order valence-corrected chi connectivity index (χ3v) is 3.94. The molecule has 2 aromatic carbocycles. The second-order valence-corrected chi connectivity index (χ2v) is 5.49. The van der Waals surface area contributed by atoms with Crippen molar-refractivity contribution in [2.45, 2.75) is 10.9 Å². The molecule has 3 aromatic rings. The molecule has 0 aliphatic rings. The molecule has 3 rings (SSSR count). The number of nitrogens with zero attached hydrogens (tertiary/aromatic N) is 3. The van der Waals surface area contributed by atoms with Crippen LogP contribution >= 0.6 is 11.8 Å². The lowest BCUT2D eigenvalue weighted by molar-refractivity contribution is 0.630. The van der Waals surface area contributed by atoms with E-state index in [-0.39, 0.29) is 5.82 Å². The van der Waals surface area contributed by atoms with E-state index in [1.54, 1.807) is 24.3 Å². The van der Waals surface area contributed by atoms with Crippen LogP contribution in [0, 0.1) is 17.1 Å². The number of hydrogen-bond donors (Lipinski definition) is 1. The number of nitrogens with one attached hydrogen (secondary N) is 1. The first-order valence-electron chi connectivity index (χ1n) is 6.55. The highest BCUT2D eigenvalue weighted by Gasteiger charge is 2.10. The van der Waals surface area contributed by atoms with Gasteiger partial charge in [0.2, 0.25) is 5.16 Å². The van der Waals surface area contributed by atoms with Crippen molar-refractivity contribution in [3.8, 4) is 17.5 Å². The average molecular weight is 310 g/mol. The van der Waals surface area contributed by atoms with E-state index >= 15 is 0 Å². The molecule has 1 aromatic heterocycles. The number of rotatable bonds is 4. The van der Waals surface area contributed by atoms with Crippen molar-refractivity contribution in [1.29, 1.82) is 5.26 Å². The van der Waals surface area contributed by atoms with E-state index in [9.17, 15) is 4.39 Å². The summed E-state index contributed by atoms with van der Waals surface area (Å²) >= 11 is 1.43. The van der Waals surface area contributed by atoms with Gasteiger partial charge in [0.05, 0.1) is 17.2 Å². The van der Waals surface area contributed by atoms with Crippen LogP contribution in [0.3, 0.4) is 0 Å². The lowest BCUT2D eigenvalue weighted by atomic mass is 10.2. The molecule has 0 fully saturated rings. The van der Waals surface area contributed by atoms with Gasteiger partial charge in [-0.15, -0.1) is 5.10 Å². The normalized spacial score (nSPS) is 10.4. The Morgan fingerprint density at radius 2 is 2.05 bits per heavy atom. The van der Waals surface area contributed by atoms with E-state index in [2.05, 4.69) is 21.3 Å². The Morgan fingerprint density at radius 3 is 2.86 bits per heavy atom. The maximum Gasteiger partial charge on any atom is 0.209 e. The van der Waals surface area contributed by atoms with Gasteiger partial charge in [-0.2, -0.15) is 5.26 Å². The minimum atomic E-state index is -0.336. The molecule has 1 N–H and O–H groups in total. The molecule has 0 bridgehead atoms. The first-order chi connectivity index (χ1) is 10.8. The zero-order valence-corrected chi connectivity index (χ0v) is 12.3. The molecular weight excluding hydrogens is 299 g/mol. The number of aromatic amines is 1. The third-order valence-electron chi connectivity index (χ3n) is 3.02. The van der Waals surface area contributed by atoms with Gasteiger partial charge in [0.15, 0.2) is 5.82 Å². The van der Waals surface area contributed by atoms with Crippen molar-refractivity contribution in [3.63, 3.8) is 0 Å². The number of thioether (sulfide) groups is 1. The molecule has 0 aliphatic carbocycles. The Bertz CT molecular complexity index is 838. The molecule has 0 radical (unpaired) electrons. The fraction of sp³-hybridized carbons (Fsp3) is 0.0625. The van der Waals surface area contributed by atoms with Gasteiger partial charge in [-0.3, -0.25) is 5.10 Å². The molecule has 0 unspecified atom stereocenters. The number of benzene rings is 2. The van der Waals surface area contributed by atoms with Crippen LogP contribution < -0.4 is 0 Å². The average Bonchev–Trinajstić information content (AvgIpc) is 3.02. The van der Waals surface area contributed by atoms with E-state index in [1.807, 2.05) is 18.2 Å². The predicted molar refractivity (Wildman–Crippen MR) is 82.5 cm³/mol. The third kappa shape index (κ3) is 3.15. The fourth-order valence-electron chi connectivity index (χ4n) is 1.96. The van der Waals surface area contributed by atoms with Crippen molar-refractivity contribution in [3.05, 3.63) is 65.5 Å². The van der Waals surface area contributed by atoms with Crippen LogP contribution in [0.5, 0.6) is 0 Å². The summed E-state index contributed by atoms with van der Waals surface area (Å²) in [7, 11) is 0. The van der Waals surface area contributed by atoms with E-state index in [0.29, 0.717) is 27.9 Å². The molecule has 0 aliphatic heterocycles. The van der Waals surface area contributed by atoms with Gasteiger partial charge in [-0.1, -0.05) is 36.0 Å². The Labute approximate surface area is 131 Å². The van der Waals surface area contributed by atoms with Crippen LogP contribution in [-0.2, 0) is 5.75 Å². The van der Waals surface area contributed by atoms with E-state index < -0.39 is 0 Å². The van der Waals surface area contributed by atoms with Gasteiger partial charge < -0.3 is 0 Å². The summed E-state index contributed by atoms with van der Waals surface area (Å²) in [6.45, 7) is 0. The van der Waals surface area contributed by atoms with Crippen molar-refractivity contribution in [1.82, 2.24) is 15.2 Å². The second kappa shape index (κ2) is 6.41. The maximum absolute atomic E-state index is 13.7. The van der Waals surface area contributed by atoms with Crippen LogP contribution in [0.15, 0.2) is 53.7 Å². The molecular formula is C16H11FN4S. The molecule has 22 heavy (non-hydrogen) atoms. The largest absolute Gasteiger partial charge is 0.258 e. The Kier molecular flexibility index (Phi) is 4.17. The first kappa shape index (κ1) is 14.3. The lowest BCUT2D eigenvalue weighted by Crippen LogP contribution is -1.86. The summed E-state index contributed by atoms with van der Waals surface area (Å²) in [5, 5.41) is 16.3. The number of H-pyrrole nitrogens is 1. The molecule has 0 saturated heterocycles. The van der Waals surface area contributed by atoms with E-state index in [4.69, 9.17) is 5.26 Å². The van der Waals surface area contributed by atoms with Crippen LogP contribution in [0.25, 0.3) is 11.4 Å². The predicted octanol–water partition coefficient (Wildman–Crippen LogP) is 3.77. The summed E-state index contributed by atoms with van der Waals surface area (Å²) in [5.74, 6) is 0.715. The van der Waals surface area contributed by atoms with Crippen molar-refractivity contribution in [2.24, 2.45) is 0 Å². The lowest BCUT2D eigenvalue weighted by Gasteiger charge is -1.99. The molecule has 6 heteroatoms. The van der Waals surface area contributed by atoms with Gasteiger partial charge >= 0.3 is 0 Å². The van der Waals surface area contributed by atoms with E-state index in [0.717, 1.165) is 5.56 Å². The van der Waals surface area contributed by atoms with Gasteiger partial charge in [0.1, 0.15) is 5.82 Å². The Morgan fingerprint density at radius 1 is 1.18 bits per heavy atom. The summed E-state index contributed by atoms with van der Waals surface area (Å²) in [4.78, 5) is 4.29. The Balaban J connectivity index is 1.72. The van der Waals surface area contributed by atoms with Crippen molar-refractivity contribution < 1.29 is 4.39 Å². The highest BCUT2D eigenvalue weighted by molar-refractivity contribution is 7.98. The quantitative estimate of drug-likeness (QED) is 0.745. The number of aromatic nitrogens is 3.